The molecule has 1 heterocycles. The minimum Gasteiger partial charge on any atom is -0.358 e. The van der Waals surface area contributed by atoms with Crippen LogP contribution in [0.15, 0.2) is 47.4 Å². The molecular weight excluding hydrogens is 370 g/mol. The summed E-state index contributed by atoms with van der Waals surface area (Å²) in [4.78, 5) is 22.7. The van der Waals surface area contributed by atoms with Crippen LogP contribution in [0.1, 0.15) is 16.7 Å². The molecule has 0 bridgehead atoms. The van der Waals surface area contributed by atoms with Crippen LogP contribution in [0.4, 0.5) is 5.69 Å². The maximum Gasteiger partial charge on any atom is 0.273 e. The summed E-state index contributed by atoms with van der Waals surface area (Å²) in [7, 11) is -2.66. The fourth-order valence-corrected chi connectivity index (χ4v) is 4.81. The second-order valence-corrected chi connectivity index (χ2v) is 8.25. The average Bonchev–Trinajstić information content (AvgIpc) is 2.66. The van der Waals surface area contributed by atoms with Gasteiger partial charge in [0.05, 0.1) is 9.82 Å². The number of nitrogens with zero attached hydrogens (tertiary/aromatic N) is 2. The number of sulfonamides is 1. The number of nitrogens with one attached hydrogen (secondary N) is 1. The molecule has 0 aliphatic carbocycles. The second-order valence-electron chi connectivity index (χ2n) is 6.36. The van der Waals surface area contributed by atoms with E-state index in [1.54, 1.807) is 13.0 Å². The topological polar surface area (TPSA) is 110 Å². The normalized spacial score (nSPS) is 17.2. The van der Waals surface area contributed by atoms with Crippen molar-refractivity contribution in [3.05, 3.63) is 69.3 Å². The van der Waals surface area contributed by atoms with Crippen molar-refractivity contribution in [3.8, 4) is 0 Å². The zero-order chi connectivity index (χ0) is 19.8. The van der Waals surface area contributed by atoms with Crippen molar-refractivity contribution < 1.29 is 18.1 Å². The van der Waals surface area contributed by atoms with Crippen LogP contribution in [0, 0.1) is 17.0 Å². The minimum atomic E-state index is -4.11. The molecule has 142 valence electrons. The number of fused-ring (bicyclic) bond motifs is 1. The van der Waals surface area contributed by atoms with Crippen molar-refractivity contribution in [3.63, 3.8) is 0 Å². The summed E-state index contributed by atoms with van der Waals surface area (Å²) < 4.78 is 27.6. The number of hydrogen-bond donors (Lipinski definition) is 1. The Labute approximate surface area is 157 Å². The van der Waals surface area contributed by atoms with E-state index in [9.17, 15) is 23.3 Å². The molecule has 1 aliphatic heterocycles. The third-order valence-electron chi connectivity index (χ3n) is 4.74. The van der Waals surface area contributed by atoms with E-state index < -0.39 is 26.9 Å². The predicted molar refractivity (Wildman–Crippen MR) is 98.6 cm³/mol. The summed E-state index contributed by atoms with van der Waals surface area (Å²) in [6, 6.07) is 10.2. The average molecular weight is 389 g/mol. The summed E-state index contributed by atoms with van der Waals surface area (Å²) >= 11 is 0. The van der Waals surface area contributed by atoms with Gasteiger partial charge in [0.2, 0.25) is 15.9 Å². The summed E-state index contributed by atoms with van der Waals surface area (Å²) in [5.74, 6) is -0.422. The van der Waals surface area contributed by atoms with Crippen LogP contribution in [0.5, 0.6) is 0 Å². The minimum absolute atomic E-state index is 0.0261. The molecule has 3 rings (SSSR count). The van der Waals surface area contributed by atoms with Crippen molar-refractivity contribution in [1.29, 1.82) is 0 Å². The molecular formula is C18H19N3O5S. The van der Waals surface area contributed by atoms with Gasteiger partial charge in [-0.15, -0.1) is 0 Å². The Hall–Kier alpha value is -2.78. The molecule has 1 aliphatic rings. The number of nitro benzene ring substituents is 1. The fraction of sp³-hybridized carbons (Fsp3) is 0.278. The first-order valence-electron chi connectivity index (χ1n) is 8.31. The third kappa shape index (κ3) is 3.43. The fourth-order valence-electron chi connectivity index (χ4n) is 3.22. The van der Waals surface area contributed by atoms with Gasteiger partial charge in [-0.1, -0.05) is 30.3 Å². The number of carbonyl (C=O) groups excluding carboxylic acids is 1. The van der Waals surface area contributed by atoms with Crippen LogP contribution in [0.2, 0.25) is 0 Å². The lowest BCUT2D eigenvalue weighted by Crippen LogP contribution is -2.51. The molecule has 0 radical (unpaired) electrons. The summed E-state index contributed by atoms with van der Waals surface area (Å²) in [6.07, 6.45) is 0.239. The number of rotatable bonds is 4. The van der Waals surface area contributed by atoms with Gasteiger partial charge in [0.25, 0.3) is 5.69 Å². The Balaban J connectivity index is 2.10. The van der Waals surface area contributed by atoms with E-state index in [2.05, 4.69) is 5.32 Å². The molecule has 0 unspecified atom stereocenters. The molecule has 2 aromatic rings. The largest absolute Gasteiger partial charge is 0.358 e. The summed E-state index contributed by atoms with van der Waals surface area (Å²) in [5.41, 5.74) is 1.81. The van der Waals surface area contributed by atoms with Crippen LogP contribution in [0.25, 0.3) is 0 Å². The number of amides is 1. The molecule has 1 N–H and O–H groups in total. The van der Waals surface area contributed by atoms with Crippen LogP contribution < -0.4 is 5.32 Å². The van der Waals surface area contributed by atoms with Crippen LogP contribution in [0.3, 0.4) is 0 Å². The van der Waals surface area contributed by atoms with Gasteiger partial charge in [-0.25, -0.2) is 8.42 Å². The molecule has 27 heavy (non-hydrogen) atoms. The number of nitro groups is 1. The first-order valence-corrected chi connectivity index (χ1v) is 9.75. The zero-order valence-electron chi connectivity index (χ0n) is 14.9. The van der Waals surface area contributed by atoms with Crippen molar-refractivity contribution in [1.82, 2.24) is 9.62 Å². The van der Waals surface area contributed by atoms with Crippen molar-refractivity contribution in [2.24, 2.45) is 0 Å². The Morgan fingerprint density at radius 3 is 2.52 bits per heavy atom. The van der Waals surface area contributed by atoms with E-state index in [-0.39, 0.29) is 23.5 Å². The SMILES string of the molecule is CNC(=O)[C@H]1Cc2ccccc2CN1S(=O)(=O)c1ccc(C)c([N+](=O)[O-])c1. The number of benzene rings is 2. The lowest BCUT2D eigenvalue weighted by Gasteiger charge is -2.34. The maximum absolute atomic E-state index is 13.2. The van der Waals surface area contributed by atoms with E-state index in [1.165, 1.54) is 19.2 Å². The first-order chi connectivity index (χ1) is 12.8. The van der Waals surface area contributed by atoms with E-state index in [1.807, 2.05) is 18.2 Å². The Morgan fingerprint density at radius 2 is 1.89 bits per heavy atom. The Bertz CT molecular complexity index is 1020. The highest BCUT2D eigenvalue weighted by Gasteiger charge is 2.39. The molecule has 1 amide bonds. The van der Waals surface area contributed by atoms with Gasteiger partial charge in [-0.2, -0.15) is 4.31 Å². The van der Waals surface area contributed by atoms with Gasteiger partial charge in [-0.05, 0) is 30.5 Å². The molecule has 0 saturated carbocycles. The molecule has 1 atom stereocenters. The second kappa shape index (κ2) is 7.09. The quantitative estimate of drug-likeness (QED) is 0.633. The van der Waals surface area contributed by atoms with Gasteiger partial charge in [0.15, 0.2) is 0 Å². The maximum atomic E-state index is 13.2. The number of carbonyl (C=O) groups is 1. The van der Waals surface area contributed by atoms with E-state index >= 15 is 0 Å². The molecule has 0 saturated heterocycles. The van der Waals surface area contributed by atoms with Crippen LogP contribution in [-0.2, 0) is 27.8 Å². The van der Waals surface area contributed by atoms with Crippen LogP contribution >= 0.6 is 0 Å². The summed E-state index contributed by atoms with van der Waals surface area (Å²) in [6.45, 7) is 1.57. The van der Waals surface area contributed by atoms with Gasteiger partial charge in [0, 0.05) is 25.2 Å². The number of likely N-dealkylation sites (N-methyl/N-ethyl adjacent to an activating group) is 1. The molecule has 9 heteroatoms. The van der Waals surface area contributed by atoms with Crippen molar-refractivity contribution >= 4 is 21.6 Å². The molecule has 8 nitrogen and oxygen atoms in total. The third-order valence-corrected chi connectivity index (χ3v) is 6.59. The molecule has 2 aromatic carbocycles. The van der Waals surface area contributed by atoms with Gasteiger partial charge < -0.3 is 5.32 Å². The molecule has 0 spiro atoms. The van der Waals surface area contributed by atoms with Gasteiger partial charge in [-0.3, -0.25) is 14.9 Å². The highest BCUT2D eigenvalue weighted by Crippen LogP contribution is 2.31. The highest BCUT2D eigenvalue weighted by atomic mass is 32.2. The highest BCUT2D eigenvalue weighted by molar-refractivity contribution is 7.89. The standard InChI is InChI=1S/C18H19N3O5S/c1-12-7-8-15(10-16(12)21(23)24)27(25,26)20-11-14-6-4-3-5-13(14)9-17(20)18(22)19-2/h3-8,10,17H,9,11H2,1-2H3,(H,19,22)/t17-/m1/s1. The predicted octanol–water partition coefficient (Wildman–Crippen LogP) is 1.76. The number of aryl methyl sites for hydroxylation is 1. The lowest BCUT2D eigenvalue weighted by atomic mass is 9.95. The summed E-state index contributed by atoms with van der Waals surface area (Å²) in [5, 5.41) is 13.7. The zero-order valence-corrected chi connectivity index (χ0v) is 15.7. The van der Waals surface area contributed by atoms with Gasteiger partial charge in [0.1, 0.15) is 6.04 Å². The Morgan fingerprint density at radius 1 is 1.22 bits per heavy atom. The van der Waals surface area contributed by atoms with E-state index in [4.69, 9.17) is 0 Å². The molecule has 0 aromatic heterocycles. The van der Waals surface area contributed by atoms with Crippen LogP contribution in [-0.4, -0.2) is 36.6 Å². The van der Waals surface area contributed by atoms with Crippen molar-refractivity contribution in [2.75, 3.05) is 7.05 Å². The smallest absolute Gasteiger partial charge is 0.273 e. The van der Waals surface area contributed by atoms with E-state index in [0.717, 1.165) is 21.5 Å². The number of hydrogen-bond acceptors (Lipinski definition) is 5. The van der Waals surface area contributed by atoms with E-state index in [0.29, 0.717) is 5.56 Å². The molecule has 0 fully saturated rings. The first kappa shape index (κ1) is 19.0. The van der Waals surface area contributed by atoms with Gasteiger partial charge >= 0.3 is 0 Å². The lowest BCUT2D eigenvalue weighted by molar-refractivity contribution is -0.385. The van der Waals surface area contributed by atoms with Crippen molar-refractivity contribution in [2.45, 2.75) is 30.8 Å². The Kier molecular flexibility index (Phi) is 4.99. The monoisotopic (exact) mass is 389 g/mol.